The Labute approximate surface area is 94.9 Å². The van der Waals surface area contributed by atoms with Gasteiger partial charge in [-0.1, -0.05) is 0 Å². The maximum Gasteiger partial charge on any atom is 0.138 e. The third-order valence-corrected chi connectivity index (χ3v) is 3.72. The Hall–Kier alpha value is -0.290. The summed E-state index contributed by atoms with van der Waals surface area (Å²) in [6.45, 7) is 2.12. The van der Waals surface area contributed by atoms with Gasteiger partial charge in [0.05, 0.1) is 7.11 Å². The fourth-order valence-corrected chi connectivity index (χ4v) is 3.63. The van der Waals surface area contributed by atoms with Crippen LogP contribution in [0.4, 0.5) is 0 Å². The molecule has 0 aliphatic heterocycles. The molecule has 0 unspecified atom stereocenters. The van der Waals surface area contributed by atoms with E-state index in [4.69, 9.17) is 4.74 Å². The van der Waals surface area contributed by atoms with Crippen molar-refractivity contribution >= 4 is 44.0 Å². The molecule has 0 saturated heterocycles. The molecule has 0 atom stereocenters. The summed E-state index contributed by atoms with van der Waals surface area (Å²) in [5.41, 5.74) is 1.31. The third-order valence-electron chi connectivity index (χ3n) is 1.96. The highest BCUT2D eigenvalue weighted by Crippen LogP contribution is 2.36. The quantitative estimate of drug-likeness (QED) is 0.728. The molecular weight excluding hydrogens is 295 g/mol. The molecule has 0 bridgehead atoms. The van der Waals surface area contributed by atoms with Crippen LogP contribution in [0.2, 0.25) is 0 Å². The number of aryl methyl sites for hydroxylation is 1. The zero-order chi connectivity index (χ0) is 9.42. The molecule has 1 aromatic heterocycles. The Bertz CT molecular complexity index is 447. The van der Waals surface area contributed by atoms with E-state index in [-0.39, 0.29) is 0 Å². The van der Waals surface area contributed by atoms with E-state index < -0.39 is 0 Å². The van der Waals surface area contributed by atoms with Gasteiger partial charge in [-0.2, -0.15) is 0 Å². The lowest BCUT2D eigenvalue weighted by atomic mass is 10.2. The maximum atomic E-state index is 5.29. The molecule has 1 nitrogen and oxygen atoms in total. The number of rotatable bonds is 1. The minimum Gasteiger partial charge on any atom is -0.495 e. The van der Waals surface area contributed by atoms with E-state index in [1.165, 1.54) is 19.2 Å². The standard InChI is InChI=1S/C10H9IOS/c1-6-3-7(11)10-8(12-2)5-13-9(10)4-6/h3-5H,1-2H3. The Balaban J connectivity index is 2.82. The van der Waals surface area contributed by atoms with Gasteiger partial charge in [-0.3, -0.25) is 0 Å². The zero-order valence-corrected chi connectivity index (χ0v) is 10.4. The minimum atomic E-state index is 0.990. The molecule has 0 aliphatic carbocycles. The Morgan fingerprint density at radius 2 is 2.15 bits per heavy atom. The summed E-state index contributed by atoms with van der Waals surface area (Å²) in [5.74, 6) is 0.990. The first-order valence-corrected chi connectivity index (χ1v) is 5.89. The van der Waals surface area contributed by atoms with Crippen molar-refractivity contribution in [3.05, 3.63) is 26.6 Å². The van der Waals surface area contributed by atoms with Crippen molar-refractivity contribution in [3.63, 3.8) is 0 Å². The number of thiophene rings is 1. The molecule has 68 valence electrons. The fourth-order valence-electron chi connectivity index (χ4n) is 1.37. The number of methoxy groups -OCH3 is 1. The third kappa shape index (κ3) is 1.55. The monoisotopic (exact) mass is 304 g/mol. The van der Waals surface area contributed by atoms with Crippen LogP contribution < -0.4 is 4.74 Å². The van der Waals surface area contributed by atoms with Crippen molar-refractivity contribution in [2.75, 3.05) is 7.11 Å². The predicted octanol–water partition coefficient (Wildman–Crippen LogP) is 3.82. The second-order valence-corrected chi connectivity index (χ2v) is 5.00. The first-order valence-electron chi connectivity index (χ1n) is 3.93. The Kier molecular flexibility index (Phi) is 2.47. The van der Waals surface area contributed by atoms with Gasteiger partial charge in [0.25, 0.3) is 0 Å². The molecule has 0 spiro atoms. The predicted molar refractivity (Wildman–Crippen MR) is 65.8 cm³/mol. The summed E-state index contributed by atoms with van der Waals surface area (Å²) in [6, 6.07) is 4.38. The van der Waals surface area contributed by atoms with E-state index in [1.54, 1.807) is 18.4 Å². The number of ether oxygens (including phenoxy) is 1. The highest BCUT2D eigenvalue weighted by molar-refractivity contribution is 14.1. The zero-order valence-electron chi connectivity index (χ0n) is 7.43. The topological polar surface area (TPSA) is 9.23 Å². The molecule has 1 aromatic carbocycles. The molecular formula is C10H9IOS. The van der Waals surface area contributed by atoms with E-state index in [2.05, 4.69) is 47.0 Å². The van der Waals surface area contributed by atoms with Gasteiger partial charge < -0.3 is 4.74 Å². The Morgan fingerprint density at radius 3 is 2.85 bits per heavy atom. The van der Waals surface area contributed by atoms with Crippen molar-refractivity contribution in [3.8, 4) is 5.75 Å². The number of hydrogen-bond acceptors (Lipinski definition) is 2. The summed E-state index contributed by atoms with van der Waals surface area (Å²) in [6.07, 6.45) is 0. The average Bonchev–Trinajstić information content (AvgIpc) is 2.47. The normalized spacial score (nSPS) is 10.7. The van der Waals surface area contributed by atoms with Crippen LogP contribution in [0.3, 0.4) is 0 Å². The van der Waals surface area contributed by atoms with Crippen LogP contribution in [0.1, 0.15) is 5.56 Å². The second-order valence-electron chi connectivity index (χ2n) is 2.92. The Morgan fingerprint density at radius 1 is 1.38 bits per heavy atom. The van der Waals surface area contributed by atoms with E-state index in [9.17, 15) is 0 Å². The first-order chi connectivity index (χ1) is 6.22. The number of fused-ring (bicyclic) bond motifs is 1. The van der Waals surface area contributed by atoms with Crippen molar-refractivity contribution in [1.82, 2.24) is 0 Å². The lowest BCUT2D eigenvalue weighted by Crippen LogP contribution is -1.82. The molecule has 0 aliphatic rings. The molecule has 1 heterocycles. The second kappa shape index (κ2) is 3.46. The van der Waals surface area contributed by atoms with Crippen LogP contribution in [0, 0.1) is 10.5 Å². The molecule has 0 radical (unpaired) electrons. The summed E-state index contributed by atoms with van der Waals surface area (Å²) in [5, 5.41) is 3.31. The van der Waals surface area contributed by atoms with Crippen LogP contribution in [0.25, 0.3) is 10.1 Å². The van der Waals surface area contributed by atoms with Gasteiger partial charge in [0.1, 0.15) is 5.75 Å². The van der Waals surface area contributed by atoms with Crippen LogP contribution in [0.5, 0.6) is 5.75 Å². The van der Waals surface area contributed by atoms with Crippen molar-refractivity contribution < 1.29 is 4.74 Å². The highest BCUT2D eigenvalue weighted by Gasteiger charge is 2.07. The van der Waals surface area contributed by atoms with Crippen molar-refractivity contribution in [2.24, 2.45) is 0 Å². The minimum absolute atomic E-state index is 0.990. The van der Waals surface area contributed by atoms with Crippen LogP contribution >= 0.6 is 33.9 Å². The maximum absolute atomic E-state index is 5.29. The SMILES string of the molecule is COc1csc2cc(C)cc(I)c12. The van der Waals surface area contributed by atoms with Gasteiger partial charge >= 0.3 is 0 Å². The van der Waals surface area contributed by atoms with Crippen molar-refractivity contribution in [1.29, 1.82) is 0 Å². The molecule has 13 heavy (non-hydrogen) atoms. The lowest BCUT2D eigenvalue weighted by Gasteiger charge is -2.00. The summed E-state index contributed by atoms with van der Waals surface area (Å²) < 4.78 is 7.87. The van der Waals surface area contributed by atoms with Gasteiger partial charge in [0, 0.05) is 19.0 Å². The molecule has 0 amide bonds. The number of halogens is 1. The van der Waals surface area contributed by atoms with Gasteiger partial charge in [-0.25, -0.2) is 0 Å². The van der Waals surface area contributed by atoms with E-state index in [0.29, 0.717) is 0 Å². The molecule has 0 N–H and O–H groups in total. The molecule has 0 fully saturated rings. The van der Waals surface area contributed by atoms with Crippen molar-refractivity contribution in [2.45, 2.75) is 6.92 Å². The average molecular weight is 304 g/mol. The number of hydrogen-bond donors (Lipinski definition) is 0. The van der Waals surface area contributed by atoms with Gasteiger partial charge in [0.15, 0.2) is 0 Å². The summed E-state index contributed by atoms with van der Waals surface area (Å²) >= 11 is 4.09. The van der Waals surface area contributed by atoms with E-state index in [0.717, 1.165) is 5.75 Å². The fraction of sp³-hybridized carbons (Fsp3) is 0.200. The summed E-state index contributed by atoms with van der Waals surface area (Å²) in [7, 11) is 1.72. The smallest absolute Gasteiger partial charge is 0.138 e. The molecule has 3 heteroatoms. The van der Waals surface area contributed by atoms with E-state index >= 15 is 0 Å². The molecule has 2 rings (SSSR count). The largest absolute Gasteiger partial charge is 0.495 e. The molecule has 0 saturated carbocycles. The summed E-state index contributed by atoms with van der Waals surface area (Å²) in [4.78, 5) is 0. The van der Waals surface area contributed by atoms with Crippen LogP contribution in [0.15, 0.2) is 17.5 Å². The van der Waals surface area contributed by atoms with Gasteiger partial charge in [-0.15, -0.1) is 11.3 Å². The van der Waals surface area contributed by atoms with Gasteiger partial charge in [0.2, 0.25) is 0 Å². The first kappa shape index (κ1) is 9.27. The highest BCUT2D eigenvalue weighted by atomic mass is 127. The van der Waals surface area contributed by atoms with Gasteiger partial charge in [-0.05, 0) is 47.2 Å². The van der Waals surface area contributed by atoms with E-state index in [1.807, 2.05) is 0 Å². The lowest BCUT2D eigenvalue weighted by molar-refractivity contribution is 0.421. The van der Waals surface area contributed by atoms with Crippen LogP contribution in [-0.4, -0.2) is 7.11 Å². The van der Waals surface area contributed by atoms with Crippen LogP contribution in [-0.2, 0) is 0 Å². The molecule has 2 aromatic rings. The number of benzene rings is 1.